The minimum Gasteiger partial charge on any atom is -0.462 e. The van der Waals surface area contributed by atoms with E-state index < -0.39 is 24.5 Å². The maximum absolute atomic E-state index is 12.3. The summed E-state index contributed by atoms with van der Waals surface area (Å²) in [6.07, 6.45) is 1.44. The fraction of sp³-hybridized carbons (Fsp3) is 0.333. The summed E-state index contributed by atoms with van der Waals surface area (Å²) >= 11 is 0. The summed E-state index contributed by atoms with van der Waals surface area (Å²) in [4.78, 5) is 36.1. The number of ether oxygens (including phenoxy) is 3. The third kappa shape index (κ3) is 7.05. The topological polar surface area (TPSA) is 120 Å². The second-order valence-corrected chi connectivity index (χ2v) is 7.06. The number of rotatable bonds is 10. The van der Waals surface area contributed by atoms with Crippen LogP contribution in [0.5, 0.6) is 0 Å². The highest BCUT2D eigenvalue weighted by molar-refractivity contribution is 6.00. The normalized spacial score (nSPS) is 10.9. The van der Waals surface area contributed by atoms with Crippen molar-refractivity contribution in [2.75, 3.05) is 32.2 Å². The number of hydrogen-bond acceptors (Lipinski definition) is 7. The van der Waals surface area contributed by atoms with Gasteiger partial charge in [0.05, 0.1) is 18.8 Å². The van der Waals surface area contributed by atoms with Gasteiger partial charge >= 0.3 is 11.9 Å². The van der Waals surface area contributed by atoms with Crippen LogP contribution in [-0.4, -0.2) is 49.3 Å². The Kier molecular flexibility index (Phi) is 9.39. The number of nitrogens with one attached hydrogen (secondary N) is 1. The molecule has 9 heteroatoms. The molecule has 174 valence electrons. The Balaban J connectivity index is 1.98. The van der Waals surface area contributed by atoms with Gasteiger partial charge in [0.2, 0.25) is 0 Å². The molecule has 0 aliphatic heterocycles. The number of aromatic nitrogens is 1. The van der Waals surface area contributed by atoms with Crippen LogP contribution < -0.4 is 5.32 Å². The number of carbonyl (C=O) groups excluding carboxylic acids is 3. The van der Waals surface area contributed by atoms with Gasteiger partial charge in [-0.25, -0.2) is 9.59 Å². The first-order valence-corrected chi connectivity index (χ1v) is 10.3. The van der Waals surface area contributed by atoms with Crippen molar-refractivity contribution in [2.24, 2.45) is 0 Å². The number of nitrogens with zero attached hydrogens (tertiary/aromatic N) is 2. The van der Waals surface area contributed by atoms with E-state index in [1.807, 2.05) is 30.6 Å². The van der Waals surface area contributed by atoms with Gasteiger partial charge in [-0.15, -0.1) is 0 Å². The molecule has 33 heavy (non-hydrogen) atoms. The van der Waals surface area contributed by atoms with Gasteiger partial charge in [0, 0.05) is 30.7 Å². The zero-order valence-corrected chi connectivity index (χ0v) is 19.1. The fourth-order valence-corrected chi connectivity index (χ4v) is 3.10. The lowest BCUT2D eigenvalue weighted by Crippen LogP contribution is -2.21. The van der Waals surface area contributed by atoms with Crippen molar-refractivity contribution in [1.82, 2.24) is 4.57 Å². The van der Waals surface area contributed by atoms with E-state index in [-0.39, 0.29) is 12.2 Å². The molecule has 2 aromatic rings. The molecule has 0 atom stereocenters. The molecular formula is C24H27N3O6. The first kappa shape index (κ1) is 25.4. The summed E-state index contributed by atoms with van der Waals surface area (Å²) in [5.74, 6) is -1.94. The lowest BCUT2D eigenvalue weighted by atomic mass is 10.1. The monoisotopic (exact) mass is 453 g/mol. The number of anilines is 1. The van der Waals surface area contributed by atoms with E-state index in [9.17, 15) is 19.6 Å². The average molecular weight is 453 g/mol. The minimum absolute atomic E-state index is 0.214. The molecule has 1 heterocycles. The Morgan fingerprint density at radius 2 is 1.85 bits per heavy atom. The second-order valence-electron chi connectivity index (χ2n) is 7.06. The van der Waals surface area contributed by atoms with Crippen LogP contribution in [0.2, 0.25) is 0 Å². The number of esters is 2. The van der Waals surface area contributed by atoms with Crippen molar-refractivity contribution in [2.45, 2.75) is 27.3 Å². The molecule has 0 spiro atoms. The summed E-state index contributed by atoms with van der Waals surface area (Å²) in [5, 5.41) is 11.9. The third-order valence-electron chi connectivity index (χ3n) is 4.79. The van der Waals surface area contributed by atoms with Crippen molar-refractivity contribution in [1.29, 1.82) is 5.26 Å². The van der Waals surface area contributed by atoms with Crippen LogP contribution in [0.25, 0.3) is 6.08 Å². The van der Waals surface area contributed by atoms with Crippen molar-refractivity contribution in [3.63, 3.8) is 0 Å². The quantitative estimate of drug-likeness (QED) is 0.334. The van der Waals surface area contributed by atoms with Gasteiger partial charge in [-0.3, -0.25) is 4.79 Å². The van der Waals surface area contributed by atoms with Crippen molar-refractivity contribution >= 4 is 29.6 Å². The molecule has 1 aromatic carbocycles. The molecule has 2 rings (SSSR count). The largest absolute Gasteiger partial charge is 0.462 e. The molecule has 0 fully saturated rings. The molecule has 0 aliphatic rings. The molecule has 9 nitrogen and oxygen atoms in total. The first-order valence-electron chi connectivity index (χ1n) is 10.3. The summed E-state index contributed by atoms with van der Waals surface area (Å²) < 4.78 is 17.0. The van der Waals surface area contributed by atoms with E-state index in [2.05, 4.69) is 5.32 Å². The van der Waals surface area contributed by atoms with E-state index in [4.69, 9.17) is 14.2 Å². The Hall–Kier alpha value is -3.90. The molecule has 0 bridgehead atoms. The number of carbonyl (C=O) groups is 3. The number of hydrogen-bond donors (Lipinski definition) is 1. The maximum Gasteiger partial charge on any atom is 0.349 e. The van der Waals surface area contributed by atoms with E-state index in [0.717, 1.165) is 11.4 Å². The van der Waals surface area contributed by atoms with Crippen LogP contribution in [0.1, 0.15) is 34.2 Å². The Labute approximate surface area is 192 Å². The molecule has 1 amide bonds. The highest BCUT2D eigenvalue weighted by atomic mass is 16.5. The summed E-state index contributed by atoms with van der Waals surface area (Å²) in [5.41, 5.74) is 3.12. The van der Waals surface area contributed by atoms with E-state index in [1.165, 1.54) is 30.3 Å². The van der Waals surface area contributed by atoms with Gasteiger partial charge in [0.1, 0.15) is 11.6 Å². The molecular weight excluding hydrogens is 426 g/mol. The van der Waals surface area contributed by atoms with Crippen molar-refractivity contribution < 1.29 is 28.6 Å². The Morgan fingerprint density at radius 3 is 2.45 bits per heavy atom. The van der Waals surface area contributed by atoms with Crippen LogP contribution in [-0.2, 0) is 30.3 Å². The number of aryl methyl sites for hydroxylation is 1. The molecule has 1 aromatic heterocycles. The summed E-state index contributed by atoms with van der Waals surface area (Å²) in [6.45, 7) is 6.40. The highest BCUT2D eigenvalue weighted by Crippen LogP contribution is 2.19. The van der Waals surface area contributed by atoms with E-state index in [1.54, 1.807) is 14.0 Å². The smallest absolute Gasteiger partial charge is 0.349 e. The van der Waals surface area contributed by atoms with Crippen LogP contribution >= 0.6 is 0 Å². The van der Waals surface area contributed by atoms with Crippen LogP contribution in [0.15, 0.2) is 35.9 Å². The Bertz CT molecular complexity index is 1080. The average Bonchev–Trinajstić information content (AvgIpc) is 3.07. The zero-order chi connectivity index (χ0) is 24.4. The summed E-state index contributed by atoms with van der Waals surface area (Å²) in [7, 11) is 1.62. The van der Waals surface area contributed by atoms with Gasteiger partial charge in [0.15, 0.2) is 6.61 Å². The highest BCUT2D eigenvalue weighted by Gasteiger charge is 2.16. The van der Waals surface area contributed by atoms with E-state index >= 15 is 0 Å². The van der Waals surface area contributed by atoms with Gasteiger partial charge in [-0.05, 0) is 62.7 Å². The first-order chi connectivity index (χ1) is 15.8. The van der Waals surface area contributed by atoms with Gasteiger partial charge in [-0.2, -0.15) is 5.26 Å². The standard InChI is InChI=1S/C24H27N3O6/c1-5-32-23(29)18-6-8-21(9-7-18)26-22(28)15-33-24(30)20(14-25)13-19-12-16(2)27(17(19)3)10-11-31-4/h6-9,12-13H,5,10-11,15H2,1-4H3,(H,26,28)/b20-13+. The van der Waals surface area contributed by atoms with Gasteiger partial charge in [0.25, 0.3) is 5.91 Å². The van der Waals surface area contributed by atoms with Crippen molar-refractivity contribution in [3.05, 3.63) is 58.4 Å². The molecule has 0 aliphatic carbocycles. The molecule has 0 radical (unpaired) electrons. The SMILES string of the molecule is CCOC(=O)c1ccc(NC(=O)COC(=O)/C(C#N)=C/c2cc(C)n(CCOC)c2C)cc1. The van der Waals surface area contributed by atoms with Crippen LogP contribution in [0.4, 0.5) is 5.69 Å². The van der Waals surface area contributed by atoms with Gasteiger partial charge in [-0.1, -0.05) is 0 Å². The number of benzene rings is 1. The molecule has 1 N–H and O–H groups in total. The lowest BCUT2D eigenvalue weighted by Gasteiger charge is -2.08. The fourth-order valence-electron chi connectivity index (χ4n) is 3.10. The summed E-state index contributed by atoms with van der Waals surface area (Å²) in [6, 6.07) is 9.78. The maximum atomic E-state index is 12.3. The molecule has 0 saturated heterocycles. The lowest BCUT2D eigenvalue weighted by molar-refractivity contribution is -0.142. The number of amides is 1. The van der Waals surface area contributed by atoms with E-state index in [0.29, 0.717) is 30.0 Å². The van der Waals surface area contributed by atoms with Crippen LogP contribution in [0.3, 0.4) is 0 Å². The molecule has 0 saturated carbocycles. The number of nitriles is 1. The predicted octanol–water partition coefficient (Wildman–Crippen LogP) is 3.02. The van der Waals surface area contributed by atoms with Crippen LogP contribution in [0, 0.1) is 25.2 Å². The Morgan fingerprint density at radius 1 is 1.15 bits per heavy atom. The number of methoxy groups -OCH3 is 1. The molecule has 0 unspecified atom stereocenters. The predicted molar refractivity (Wildman–Crippen MR) is 121 cm³/mol. The third-order valence-corrected chi connectivity index (χ3v) is 4.79. The van der Waals surface area contributed by atoms with Crippen molar-refractivity contribution in [3.8, 4) is 6.07 Å². The zero-order valence-electron chi connectivity index (χ0n) is 19.1. The second kappa shape index (κ2) is 12.2. The minimum atomic E-state index is -0.896. The van der Waals surface area contributed by atoms with Gasteiger partial charge < -0.3 is 24.1 Å².